The van der Waals surface area contributed by atoms with Crippen LogP contribution in [-0.2, 0) is 41.5 Å². The second kappa shape index (κ2) is 11.4. The van der Waals surface area contributed by atoms with E-state index in [1.54, 1.807) is 36.4 Å². The summed E-state index contributed by atoms with van der Waals surface area (Å²) in [5.41, 5.74) is 1.47. The lowest BCUT2D eigenvalue weighted by Gasteiger charge is -2.06. The van der Waals surface area contributed by atoms with Crippen molar-refractivity contribution in [3.05, 3.63) is 58.9 Å². The van der Waals surface area contributed by atoms with Crippen molar-refractivity contribution in [3.8, 4) is 0 Å². The Morgan fingerprint density at radius 3 is 2.50 bits per heavy atom. The maximum atomic E-state index is 12.5. The van der Waals surface area contributed by atoms with Crippen LogP contribution in [-0.4, -0.2) is 52.5 Å². The van der Waals surface area contributed by atoms with Gasteiger partial charge < -0.3 is 9.30 Å². The molecule has 8 nitrogen and oxygen atoms in total. The molecule has 0 fully saturated rings. The molecule has 0 saturated heterocycles. The molecule has 0 radical (unpaired) electrons. The van der Waals surface area contributed by atoms with Gasteiger partial charge in [0.2, 0.25) is 5.91 Å². The highest BCUT2D eigenvalue weighted by Crippen LogP contribution is 2.22. The van der Waals surface area contributed by atoms with Crippen molar-refractivity contribution in [1.29, 1.82) is 0 Å². The van der Waals surface area contributed by atoms with Gasteiger partial charge >= 0.3 is 0 Å². The largest absolute Gasteiger partial charge is 0.380 e. The van der Waals surface area contributed by atoms with E-state index in [0.717, 1.165) is 11.8 Å². The van der Waals surface area contributed by atoms with Gasteiger partial charge in [0.05, 0.1) is 33.2 Å². The van der Waals surface area contributed by atoms with Gasteiger partial charge in [-0.1, -0.05) is 41.7 Å². The minimum atomic E-state index is -3.37. The molecule has 3 rings (SSSR count). The first-order valence-corrected chi connectivity index (χ1v) is 15.3. The standard InChI is InChI=1S/C23H28N2O6S3/c1-3-31-14-13-25-20-12-11-19(33(2,27)28)16-21(20)32-23(25)24-22(26)10-7-15-34(29,30)17-18-8-5-4-6-9-18/h4-6,8-9,11-12,16H,3,7,10,13-15,17H2,1-2H3. The lowest BCUT2D eigenvalue weighted by molar-refractivity contribution is -0.118. The van der Waals surface area contributed by atoms with E-state index in [4.69, 9.17) is 4.74 Å². The number of carbonyl (C=O) groups excluding carboxylic acids is 1. The Morgan fingerprint density at radius 1 is 1.09 bits per heavy atom. The Bertz CT molecular complexity index is 1420. The van der Waals surface area contributed by atoms with E-state index in [2.05, 4.69) is 4.99 Å². The number of aromatic nitrogens is 1. The summed E-state index contributed by atoms with van der Waals surface area (Å²) >= 11 is 1.22. The second-order valence-electron chi connectivity index (χ2n) is 7.82. The molecule has 0 aliphatic carbocycles. The Balaban J connectivity index is 1.77. The van der Waals surface area contributed by atoms with Crippen LogP contribution >= 0.6 is 11.3 Å². The third-order valence-electron chi connectivity index (χ3n) is 5.04. The lowest BCUT2D eigenvalue weighted by Crippen LogP contribution is -2.20. The third kappa shape index (κ3) is 7.33. The normalized spacial score (nSPS) is 12.9. The summed E-state index contributed by atoms with van der Waals surface area (Å²) in [5.74, 6) is -0.581. The van der Waals surface area contributed by atoms with Crippen LogP contribution in [0.4, 0.5) is 0 Å². The van der Waals surface area contributed by atoms with Crippen LogP contribution in [0.15, 0.2) is 58.4 Å². The molecule has 1 heterocycles. The first-order valence-electron chi connectivity index (χ1n) is 10.8. The molecule has 11 heteroatoms. The Kier molecular flexibility index (Phi) is 8.80. The maximum absolute atomic E-state index is 12.5. The number of benzene rings is 2. The second-order valence-corrected chi connectivity index (χ2v) is 13.0. The number of rotatable bonds is 11. The van der Waals surface area contributed by atoms with Gasteiger partial charge in [-0.15, -0.1) is 0 Å². The molecule has 0 spiro atoms. The Labute approximate surface area is 203 Å². The van der Waals surface area contributed by atoms with E-state index in [9.17, 15) is 21.6 Å². The fourth-order valence-electron chi connectivity index (χ4n) is 3.39. The topological polar surface area (TPSA) is 112 Å². The molecule has 0 atom stereocenters. The van der Waals surface area contributed by atoms with Crippen molar-refractivity contribution in [3.63, 3.8) is 0 Å². The smallest absolute Gasteiger partial charge is 0.248 e. The quantitative estimate of drug-likeness (QED) is 0.357. The SMILES string of the molecule is CCOCCn1c(=NC(=O)CCCS(=O)(=O)Cc2ccccc2)sc2cc(S(C)(=O)=O)ccc21. The molecule has 2 aromatic carbocycles. The van der Waals surface area contributed by atoms with Crippen molar-refractivity contribution >= 4 is 47.1 Å². The number of thiazole rings is 1. The number of ether oxygens (including phenoxy) is 1. The van der Waals surface area contributed by atoms with Crippen molar-refractivity contribution in [1.82, 2.24) is 4.57 Å². The van der Waals surface area contributed by atoms with Crippen LogP contribution in [0.25, 0.3) is 10.2 Å². The van der Waals surface area contributed by atoms with E-state index in [1.165, 1.54) is 17.4 Å². The van der Waals surface area contributed by atoms with Crippen LogP contribution in [0.1, 0.15) is 25.3 Å². The molecule has 3 aromatic rings. The van der Waals surface area contributed by atoms with Crippen molar-refractivity contribution < 1.29 is 26.4 Å². The average molecular weight is 525 g/mol. The van der Waals surface area contributed by atoms with Gasteiger partial charge in [0.1, 0.15) is 0 Å². The highest BCUT2D eigenvalue weighted by molar-refractivity contribution is 7.91. The molecule has 0 saturated carbocycles. The summed E-state index contributed by atoms with van der Waals surface area (Å²) in [6.45, 7) is 3.29. The van der Waals surface area contributed by atoms with Crippen molar-refractivity contribution in [2.45, 2.75) is 37.0 Å². The van der Waals surface area contributed by atoms with Crippen molar-refractivity contribution in [2.75, 3.05) is 25.2 Å². The highest BCUT2D eigenvalue weighted by atomic mass is 32.2. The molecule has 0 unspecified atom stereocenters. The molecule has 0 bridgehead atoms. The van der Waals surface area contributed by atoms with Gasteiger partial charge in [-0.05, 0) is 37.1 Å². The van der Waals surface area contributed by atoms with Crippen LogP contribution in [0, 0.1) is 0 Å². The van der Waals surface area contributed by atoms with E-state index in [-0.39, 0.29) is 29.2 Å². The molecule has 0 aliphatic heterocycles. The zero-order valence-corrected chi connectivity index (χ0v) is 21.6. The van der Waals surface area contributed by atoms with Gasteiger partial charge in [-0.2, -0.15) is 4.99 Å². The maximum Gasteiger partial charge on any atom is 0.248 e. The molecular weight excluding hydrogens is 496 g/mol. The van der Waals surface area contributed by atoms with Crippen LogP contribution in [0.3, 0.4) is 0 Å². The fourth-order valence-corrected chi connectivity index (χ4v) is 6.66. The van der Waals surface area contributed by atoms with Crippen LogP contribution in [0.2, 0.25) is 0 Å². The summed E-state index contributed by atoms with van der Waals surface area (Å²) in [6, 6.07) is 13.7. The van der Waals surface area contributed by atoms with Gasteiger partial charge in [-0.25, -0.2) is 16.8 Å². The molecule has 34 heavy (non-hydrogen) atoms. The Morgan fingerprint density at radius 2 is 1.82 bits per heavy atom. The summed E-state index contributed by atoms with van der Waals surface area (Å²) in [4.78, 5) is 17.4. The predicted molar refractivity (Wildman–Crippen MR) is 133 cm³/mol. The highest BCUT2D eigenvalue weighted by Gasteiger charge is 2.15. The van der Waals surface area contributed by atoms with Crippen molar-refractivity contribution in [2.24, 2.45) is 4.99 Å². The van der Waals surface area contributed by atoms with Gasteiger partial charge in [0.15, 0.2) is 24.5 Å². The minimum absolute atomic E-state index is 0.00230. The number of sulfone groups is 2. The number of amides is 1. The van der Waals surface area contributed by atoms with Crippen LogP contribution in [0.5, 0.6) is 0 Å². The summed E-state index contributed by atoms with van der Waals surface area (Å²) in [6.07, 6.45) is 1.33. The zero-order valence-electron chi connectivity index (χ0n) is 19.1. The Hall–Kier alpha value is -2.34. The van der Waals surface area contributed by atoms with Crippen LogP contribution < -0.4 is 4.80 Å². The number of hydrogen-bond acceptors (Lipinski definition) is 7. The number of nitrogens with zero attached hydrogens (tertiary/aromatic N) is 2. The fraction of sp³-hybridized carbons (Fsp3) is 0.391. The van der Waals surface area contributed by atoms with E-state index >= 15 is 0 Å². The van der Waals surface area contributed by atoms with Gasteiger partial charge in [0.25, 0.3) is 0 Å². The summed E-state index contributed by atoms with van der Waals surface area (Å²) in [7, 11) is -6.71. The lowest BCUT2D eigenvalue weighted by atomic mass is 10.2. The van der Waals surface area contributed by atoms with E-state index < -0.39 is 25.6 Å². The summed E-state index contributed by atoms with van der Waals surface area (Å²) < 4.78 is 56.5. The average Bonchev–Trinajstić information content (AvgIpc) is 3.09. The van der Waals surface area contributed by atoms with E-state index in [1.807, 2.05) is 17.6 Å². The van der Waals surface area contributed by atoms with Gasteiger partial charge in [0, 0.05) is 25.8 Å². The molecule has 0 aliphatic rings. The molecule has 184 valence electrons. The first kappa shape index (κ1) is 26.3. The number of fused-ring (bicyclic) bond motifs is 1. The third-order valence-corrected chi connectivity index (χ3v) is 8.88. The summed E-state index contributed by atoms with van der Waals surface area (Å²) in [5, 5.41) is 0. The molecular formula is C23H28N2O6S3. The number of carbonyl (C=O) groups is 1. The van der Waals surface area contributed by atoms with Gasteiger partial charge in [-0.3, -0.25) is 4.79 Å². The monoisotopic (exact) mass is 524 g/mol. The molecule has 1 amide bonds. The molecule has 1 aromatic heterocycles. The predicted octanol–water partition coefficient (Wildman–Crippen LogP) is 2.97. The molecule has 0 N–H and O–H groups in total. The zero-order chi connectivity index (χ0) is 24.8. The van der Waals surface area contributed by atoms with E-state index in [0.29, 0.717) is 34.8 Å². The minimum Gasteiger partial charge on any atom is -0.380 e. The first-order chi connectivity index (χ1) is 16.1. The number of hydrogen-bond donors (Lipinski definition) is 0.